The van der Waals surface area contributed by atoms with E-state index in [9.17, 15) is 0 Å². The molecule has 4 rings (SSSR count). The van der Waals surface area contributed by atoms with Crippen molar-refractivity contribution in [2.24, 2.45) is 0 Å². The van der Waals surface area contributed by atoms with Gasteiger partial charge in [-0.25, -0.2) is 9.67 Å². The molecule has 4 nitrogen and oxygen atoms in total. The number of pyridine rings is 1. The molecule has 0 saturated carbocycles. The van der Waals surface area contributed by atoms with E-state index in [-0.39, 0.29) is 0 Å². The lowest BCUT2D eigenvalue weighted by atomic mass is 10.1. The summed E-state index contributed by atoms with van der Waals surface area (Å²) in [5, 5.41) is 5.99. The molecule has 2 aromatic heterocycles. The fourth-order valence-electron chi connectivity index (χ4n) is 3.45. The van der Waals surface area contributed by atoms with E-state index in [1.54, 1.807) is 12.3 Å². The summed E-state index contributed by atoms with van der Waals surface area (Å²) in [7, 11) is 0. The molecule has 0 fully saturated rings. The molecule has 0 radical (unpaired) electrons. The summed E-state index contributed by atoms with van der Waals surface area (Å²) in [6.45, 7) is 5.74. The number of para-hydroxylation sites is 1. The van der Waals surface area contributed by atoms with Gasteiger partial charge in [0, 0.05) is 31.3 Å². The molecule has 134 valence electrons. The highest BCUT2D eigenvalue weighted by atomic mass is 79.9. The molecule has 0 aliphatic carbocycles. The molecule has 0 spiro atoms. The molecule has 1 aliphatic heterocycles. The fraction of sp³-hybridized carbons (Fsp3) is 0.263. The van der Waals surface area contributed by atoms with Crippen LogP contribution in [-0.4, -0.2) is 21.3 Å². The predicted octanol–water partition coefficient (Wildman–Crippen LogP) is 5.52. The van der Waals surface area contributed by atoms with Gasteiger partial charge in [-0.15, -0.1) is 0 Å². The van der Waals surface area contributed by atoms with Gasteiger partial charge >= 0.3 is 0 Å². The first kappa shape index (κ1) is 17.8. The van der Waals surface area contributed by atoms with Crippen molar-refractivity contribution in [2.75, 3.05) is 11.4 Å². The third kappa shape index (κ3) is 3.02. The molecule has 0 atom stereocenters. The average Bonchev–Trinajstić information content (AvgIpc) is 2.91. The third-order valence-electron chi connectivity index (χ3n) is 4.71. The van der Waals surface area contributed by atoms with E-state index in [2.05, 4.69) is 57.9 Å². The molecule has 1 aliphatic rings. The zero-order valence-electron chi connectivity index (χ0n) is 14.4. The summed E-state index contributed by atoms with van der Waals surface area (Å²) < 4.78 is 3.00. The molecule has 0 bridgehead atoms. The van der Waals surface area contributed by atoms with Gasteiger partial charge in [0.2, 0.25) is 0 Å². The Bertz CT molecular complexity index is 979. The number of benzene rings is 1. The maximum Gasteiger partial charge on any atom is 0.147 e. The van der Waals surface area contributed by atoms with Gasteiger partial charge in [0.05, 0.1) is 21.4 Å². The molecule has 1 aromatic carbocycles. The molecule has 3 aromatic rings. The lowest BCUT2D eigenvalue weighted by molar-refractivity contribution is 0.706. The van der Waals surface area contributed by atoms with E-state index in [0.29, 0.717) is 16.6 Å². The van der Waals surface area contributed by atoms with Crippen LogP contribution < -0.4 is 4.90 Å². The Morgan fingerprint density at radius 3 is 2.58 bits per heavy atom. The highest BCUT2D eigenvalue weighted by molar-refractivity contribution is 9.10. The first-order valence-corrected chi connectivity index (χ1v) is 9.89. The molecule has 0 saturated heterocycles. The second-order valence-electron chi connectivity index (χ2n) is 6.50. The normalized spacial score (nSPS) is 13.8. The summed E-state index contributed by atoms with van der Waals surface area (Å²) in [5.41, 5.74) is 5.81. The molecular formula is C19H17BrCl2N4. The summed E-state index contributed by atoms with van der Waals surface area (Å²) in [6.07, 6.45) is 2.47. The Balaban J connectivity index is 1.74. The lowest BCUT2D eigenvalue weighted by Crippen LogP contribution is -2.31. The highest BCUT2D eigenvalue weighted by Crippen LogP contribution is 2.34. The zero-order chi connectivity index (χ0) is 18.4. The average molecular weight is 452 g/mol. The zero-order valence-corrected chi connectivity index (χ0v) is 17.5. The van der Waals surface area contributed by atoms with Crippen molar-refractivity contribution in [3.8, 4) is 5.69 Å². The van der Waals surface area contributed by atoms with E-state index in [1.807, 2.05) is 4.68 Å². The van der Waals surface area contributed by atoms with Gasteiger partial charge in [-0.05, 0) is 47.0 Å². The van der Waals surface area contributed by atoms with Crippen LogP contribution in [0.15, 0.2) is 35.1 Å². The predicted molar refractivity (Wildman–Crippen MR) is 110 cm³/mol. The van der Waals surface area contributed by atoms with Crippen LogP contribution in [0.5, 0.6) is 0 Å². The van der Waals surface area contributed by atoms with Gasteiger partial charge in [-0.2, -0.15) is 5.10 Å². The van der Waals surface area contributed by atoms with Gasteiger partial charge in [-0.1, -0.05) is 41.4 Å². The van der Waals surface area contributed by atoms with Crippen LogP contribution in [0.3, 0.4) is 0 Å². The third-order valence-corrected chi connectivity index (χ3v) is 6.01. The Kier molecular flexibility index (Phi) is 4.71. The largest absolute Gasteiger partial charge is 0.350 e. The van der Waals surface area contributed by atoms with E-state index >= 15 is 0 Å². The van der Waals surface area contributed by atoms with Crippen molar-refractivity contribution < 1.29 is 0 Å². The van der Waals surface area contributed by atoms with Crippen molar-refractivity contribution in [1.29, 1.82) is 0 Å². The standard InChI is InChI=1S/C19H17BrCl2N4/c1-11-4-3-5-12(2)17(11)26-18(20)14-10-25(7-6-16(14)24-26)19-15(22)8-13(21)9-23-19/h3-5,8-9H,6-7,10H2,1-2H3. The van der Waals surface area contributed by atoms with E-state index < -0.39 is 0 Å². The summed E-state index contributed by atoms with van der Waals surface area (Å²) in [4.78, 5) is 6.59. The number of hydrogen-bond donors (Lipinski definition) is 0. The van der Waals surface area contributed by atoms with Crippen LogP contribution in [0.2, 0.25) is 10.0 Å². The molecule has 3 heterocycles. The van der Waals surface area contributed by atoms with Crippen molar-refractivity contribution >= 4 is 44.9 Å². The van der Waals surface area contributed by atoms with Gasteiger partial charge in [0.25, 0.3) is 0 Å². The van der Waals surface area contributed by atoms with Gasteiger partial charge in [0.15, 0.2) is 0 Å². The van der Waals surface area contributed by atoms with Gasteiger partial charge in [-0.3, -0.25) is 0 Å². The maximum absolute atomic E-state index is 6.35. The SMILES string of the molecule is Cc1cccc(C)c1-n1nc2c(c1Br)CN(c1ncc(Cl)cc1Cl)CC2. The van der Waals surface area contributed by atoms with Crippen LogP contribution >= 0.6 is 39.1 Å². The number of halogens is 3. The van der Waals surface area contributed by atoms with E-state index in [4.69, 9.17) is 28.3 Å². The summed E-state index contributed by atoms with van der Waals surface area (Å²) in [6, 6.07) is 8.02. The smallest absolute Gasteiger partial charge is 0.147 e. The minimum Gasteiger partial charge on any atom is -0.350 e. The molecule has 0 unspecified atom stereocenters. The Hall–Kier alpha value is -1.56. The molecule has 0 amide bonds. The molecule has 26 heavy (non-hydrogen) atoms. The van der Waals surface area contributed by atoms with Gasteiger partial charge < -0.3 is 4.90 Å². The number of aromatic nitrogens is 3. The first-order valence-electron chi connectivity index (χ1n) is 8.34. The van der Waals surface area contributed by atoms with Crippen molar-refractivity contribution in [1.82, 2.24) is 14.8 Å². The topological polar surface area (TPSA) is 34.0 Å². The number of hydrogen-bond acceptors (Lipinski definition) is 3. The molecule has 0 N–H and O–H groups in total. The van der Waals surface area contributed by atoms with Crippen LogP contribution in [0.1, 0.15) is 22.4 Å². The number of anilines is 1. The minimum atomic E-state index is 0.542. The monoisotopic (exact) mass is 450 g/mol. The molecule has 7 heteroatoms. The van der Waals surface area contributed by atoms with Gasteiger partial charge in [0.1, 0.15) is 10.4 Å². The summed E-state index contributed by atoms with van der Waals surface area (Å²) >= 11 is 16.1. The minimum absolute atomic E-state index is 0.542. The number of rotatable bonds is 2. The van der Waals surface area contributed by atoms with Crippen molar-refractivity contribution in [2.45, 2.75) is 26.8 Å². The lowest BCUT2D eigenvalue weighted by Gasteiger charge is -2.28. The summed E-state index contributed by atoms with van der Waals surface area (Å²) in [5.74, 6) is 0.758. The second kappa shape index (κ2) is 6.87. The van der Waals surface area contributed by atoms with Crippen LogP contribution in [0.25, 0.3) is 5.69 Å². The van der Waals surface area contributed by atoms with E-state index in [0.717, 1.165) is 34.8 Å². The van der Waals surface area contributed by atoms with Crippen LogP contribution in [0.4, 0.5) is 5.82 Å². The Morgan fingerprint density at radius 1 is 1.15 bits per heavy atom. The quantitative estimate of drug-likeness (QED) is 0.514. The second-order valence-corrected chi connectivity index (χ2v) is 8.09. The number of fused-ring (bicyclic) bond motifs is 1. The number of aryl methyl sites for hydroxylation is 2. The first-order chi connectivity index (χ1) is 12.5. The van der Waals surface area contributed by atoms with E-state index in [1.165, 1.54) is 16.7 Å². The van der Waals surface area contributed by atoms with Crippen molar-refractivity contribution in [3.05, 3.63) is 67.5 Å². The Labute approximate surface area is 170 Å². The Morgan fingerprint density at radius 2 is 1.88 bits per heavy atom. The fourth-order valence-corrected chi connectivity index (χ4v) is 4.56. The van der Waals surface area contributed by atoms with Crippen LogP contribution in [-0.2, 0) is 13.0 Å². The maximum atomic E-state index is 6.35. The number of nitrogens with zero attached hydrogens (tertiary/aromatic N) is 4. The van der Waals surface area contributed by atoms with Crippen molar-refractivity contribution in [3.63, 3.8) is 0 Å². The highest BCUT2D eigenvalue weighted by Gasteiger charge is 2.26. The van der Waals surface area contributed by atoms with Crippen LogP contribution in [0, 0.1) is 13.8 Å². The molecular weight excluding hydrogens is 435 g/mol.